The SMILES string of the molecule is O=C(CC1CCOCC1)Nc1nc2ccccc2nc1N1CCCC1. The standard InChI is InChI=1S/C19H24N4O2/c24-17(13-14-7-11-25-12-8-14)22-18-19(23-9-3-4-10-23)21-16-6-2-1-5-15(16)20-18/h1-2,5-6,14H,3-4,7-13H2,(H,20,22,24). The average molecular weight is 340 g/mol. The Kier molecular flexibility index (Phi) is 4.78. The minimum atomic E-state index is 0.0249. The van der Waals surface area contributed by atoms with Gasteiger partial charge in [-0.3, -0.25) is 4.79 Å². The van der Waals surface area contributed by atoms with E-state index in [-0.39, 0.29) is 5.91 Å². The van der Waals surface area contributed by atoms with Crippen LogP contribution in [0.5, 0.6) is 0 Å². The van der Waals surface area contributed by atoms with Gasteiger partial charge in [0.25, 0.3) is 0 Å². The van der Waals surface area contributed by atoms with Gasteiger partial charge < -0.3 is 15.0 Å². The Labute approximate surface area is 147 Å². The summed E-state index contributed by atoms with van der Waals surface area (Å²) in [5.41, 5.74) is 1.68. The molecule has 2 aliphatic rings. The number of para-hydroxylation sites is 2. The zero-order chi connectivity index (χ0) is 17.1. The van der Waals surface area contributed by atoms with Crippen LogP contribution in [0.25, 0.3) is 11.0 Å². The summed E-state index contributed by atoms with van der Waals surface area (Å²) in [6, 6.07) is 7.81. The van der Waals surface area contributed by atoms with Crippen LogP contribution in [0.4, 0.5) is 11.6 Å². The number of nitrogens with zero attached hydrogens (tertiary/aromatic N) is 3. The number of hydrogen-bond donors (Lipinski definition) is 1. The van der Waals surface area contributed by atoms with Crippen molar-refractivity contribution in [3.05, 3.63) is 24.3 Å². The maximum absolute atomic E-state index is 12.5. The Bertz CT molecular complexity index is 752. The molecule has 0 spiro atoms. The Morgan fingerprint density at radius 2 is 1.80 bits per heavy atom. The first-order valence-electron chi connectivity index (χ1n) is 9.19. The summed E-state index contributed by atoms with van der Waals surface area (Å²) >= 11 is 0. The van der Waals surface area contributed by atoms with Gasteiger partial charge in [0.1, 0.15) is 0 Å². The van der Waals surface area contributed by atoms with Gasteiger partial charge in [-0.15, -0.1) is 0 Å². The number of rotatable bonds is 4. The van der Waals surface area contributed by atoms with Gasteiger partial charge in [0.2, 0.25) is 5.91 Å². The molecule has 2 aliphatic heterocycles. The number of amides is 1. The van der Waals surface area contributed by atoms with Crippen LogP contribution in [0.2, 0.25) is 0 Å². The van der Waals surface area contributed by atoms with E-state index in [2.05, 4.69) is 10.2 Å². The lowest BCUT2D eigenvalue weighted by molar-refractivity contribution is -0.117. The first kappa shape index (κ1) is 16.3. The minimum absolute atomic E-state index is 0.0249. The van der Waals surface area contributed by atoms with Gasteiger partial charge in [-0.2, -0.15) is 0 Å². The van der Waals surface area contributed by atoms with E-state index in [1.54, 1.807) is 0 Å². The van der Waals surface area contributed by atoms with E-state index in [0.717, 1.165) is 68.8 Å². The van der Waals surface area contributed by atoms with Crippen molar-refractivity contribution in [1.29, 1.82) is 0 Å². The number of ether oxygens (including phenoxy) is 1. The molecule has 3 heterocycles. The van der Waals surface area contributed by atoms with Crippen molar-refractivity contribution in [3.8, 4) is 0 Å². The predicted octanol–water partition coefficient (Wildman–Crippen LogP) is 2.99. The third kappa shape index (κ3) is 3.74. The van der Waals surface area contributed by atoms with Gasteiger partial charge in [0.05, 0.1) is 11.0 Å². The van der Waals surface area contributed by atoms with E-state index in [4.69, 9.17) is 14.7 Å². The smallest absolute Gasteiger partial charge is 0.225 e. The summed E-state index contributed by atoms with van der Waals surface area (Å²) in [5.74, 6) is 1.82. The fourth-order valence-electron chi connectivity index (χ4n) is 3.62. The van der Waals surface area contributed by atoms with Crippen LogP contribution in [-0.4, -0.2) is 42.2 Å². The highest BCUT2D eigenvalue weighted by atomic mass is 16.5. The highest BCUT2D eigenvalue weighted by Gasteiger charge is 2.22. The molecule has 4 rings (SSSR count). The number of anilines is 2. The van der Waals surface area contributed by atoms with Crippen LogP contribution in [0, 0.1) is 5.92 Å². The number of fused-ring (bicyclic) bond motifs is 1. The van der Waals surface area contributed by atoms with E-state index < -0.39 is 0 Å². The van der Waals surface area contributed by atoms with Crippen LogP contribution in [0.15, 0.2) is 24.3 Å². The summed E-state index contributed by atoms with van der Waals surface area (Å²) < 4.78 is 5.37. The molecular formula is C19H24N4O2. The number of hydrogen-bond acceptors (Lipinski definition) is 5. The topological polar surface area (TPSA) is 67.3 Å². The van der Waals surface area contributed by atoms with Crippen molar-refractivity contribution < 1.29 is 9.53 Å². The maximum atomic E-state index is 12.5. The molecule has 6 nitrogen and oxygen atoms in total. The molecular weight excluding hydrogens is 316 g/mol. The van der Waals surface area contributed by atoms with Gasteiger partial charge in [-0.05, 0) is 43.7 Å². The van der Waals surface area contributed by atoms with Gasteiger partial charge in [0.15, 0.2) is 11.6 Å². The molecule has 0 atom stereocenters. The molecule has 2 fully saturated rings. The lowest BCUT2D eigenvalue weighted by Crippen LogP contribution is -2.25. The third-order valence-corrected chi connectivity index (χ3v) is 5.03. The van der Waals surface area contributed by atoms with Crippen molar-refractivity contribution in [1.82, 2.24) is 9.97 Å². The maximum Gasteiger partial charge on any atom is 0.225 e. The second-order valence-electron chi connectivity index (χ2n) is 6.89. The minimum Gasteiger partial charge on any atom is -0.381 e. The summed E-state index contributed by atoms with van der Waals surface area (Å²) in [6.07, 6.45) is 4.75. The van der Waals surface area contributed by atoms with Crippen molar-refractivity contribution in [2.24, 2.45) is 5.92 Å². The van der Waals surface area contributed by atoms with Gasteiger partial charge in [-0.25, -0.2) is 9.97 Å². The van der Waals surface area contributed by atoms with Crippen LogP contribution < -0.4 is 10.2 Å². The molecule has 25 heavy (non-hydrogen) atoms. The van der Waals surface area contributed by atoms with E-state index >= 15 is 0 Å². The van der Waals surface area contributed by atoms with Crippen molar-refractivity contribution in [3.63, 3.8) is 0 Å². The third-order valence-electron chi connectivity index (χ3n) is 5.03. The summed E-state index contributed by atoms with van der Waals surface area (Å²) in [7, 11) is 0. The van der Waals surface area contributed by atoms with E-state index in [1.165, 1.54) is 0 Å². The molecule has 0 unspecified atom stereocenters. The normalized spacial score (nSPS) is 18.6. The molecule has 0 bridgehead atoms. The highest BCUT2D eigenvalue weighted by molar-refractivity contribution is 5.94. The fraction of sp³-hybridized carbons (Fsp3) is 0.526. The molecule has 1 amide bonds. The summed E-state index contributed by atoms with van der Waals surface area (Å²) in [6.45, 7) is 3.45. The average Bonchev–Trinajstić information content (AvgIpc) is 3.16. The molecule has 1 aromatic carbocycles. The first-order chi connectivity index (χ1) is 12.3. The zero-order valence-corrected chi connectivity index (χ0v) is 14.4. The molecule has 0 aliphatic carbocycles. The largest absolute Gasteiger partial charge is 0.381 e. The molecule has 6 heteroatoms. The summed E-state index contributed by atoms with van der Waals surface area (Å²) in [5, 5.41) is 3.03. The molecule has 1 N–H and O–H groups in total. The lowest BCUT2D eigenvalue weighted by Gasteiger charge is -2.23. The van der Waals surface area contributed by atoms with E-state index in [1.807, 2.05) is 24.3 Å². The Hall–Kier alpha value is -2.21. The number of carbonyl (C=O) groups excluding carboxylic acids is 1. The Morgan fingerprint density at radius 1 is 1.12 bits per heavy atom. The molecule has 2 saturated heterocycles. The van der Waals surface area contributed by atoms with Crippen molar-refractivity contribution in [2.75, 3.05) is 36.5 Å². The van der Waals surface area contributed by atoms with Crippen molar-refractivity contribution >= 4 is 28.6 Å². The second kappa shape index (κ2) is 7.35. The van der Waals surface area contributed by atoms with Gasteiger partial charge in [-0.1, -0.05) is 12.1 Å². The number of benzene rings is 1. The lowest BCUT2D eigenvalue weighted by atomic mass is 9.96. The zero-order valence-electron chi connectivity index (χ0n) is 14.4. The number of carbonyl (C=O) groups is 1. The molecule has 0 radical (unpaired) electrons. The van der Waals surface area contributed by atoms with Crippen molar-refractivity contribution in [2.45, 2.75) is 32.1 Å². The number of nitrogens with one attached hydrogen (secondary N) is 1. The second-order valence-corrected chi connectivity index (χ2v) is 6.89. The Balaban J connectivity index is 1.57. The molecule has 2 aromatic rings. The quantitative estimate of drug-likeness (QED) is 0.927. The van der Waals surface area contributed by atoms with E-state index in [9.17, 15) is 4.79 Å². The number of aromatic nitrogens is 2. The van der Waals surface area contributed by atoms with Crippen LogP contribution >= 0.6 is 0 Å². The highest BCUT2D eigenvalue weighted by Crippen LogP contribution is 2.28. The van der Waals surface area contributed by atoms with Crippen LogP contribution in [0.1, 0.15) is 32.1 Å². The molecule has 1 aromatic heterocycles. The van der Waals surface area contributed by atoms with Gasteiger partial charge in [0, 0.05) is 32.7 Å². The van der Waals surface area contributed by atoms with Crippen LogP contribution in [-0.2, 0) is 9.53 Å². The Morgan fingerprint density at radius 3 is 2.52 bits per heavy atom. The summed E-state index contributed by atoms with van der Waals surface area (Å²) in [4.78, 5) is 24.2. The van der Waals surface area contributed by atoms with Crippen LogP contribution in [0.3, 0.4) is 0 Å². The monoisotopic (exact) mass is 340 g/mol. The first-order valence-corrected chi connectivity index (χ1v) is 9.19. The predicted molar refractivity (Wildman–Crippen MR) is 97.8 cm³/mol. The molecule has 132 valence electrons. The van der Waals surface area contributed by atoms with Gasteiger partial charge >= 0.3 is 0 Å². The van der Waals surface area contributed by atoms with E-state index in [0.29, 0.717) is 18.2 Å². The fourth-order valence-corrected chi connectivity index (χ4v) is 3.62. The molecule has 0 saturated carbocycles.